The molecule has 0 saturated carbocycles. The number of amides is 1. The van der Waals surface area contributed by atoms with Crippen molar-refractivity contribution in [3.63, 3.8) is 0 Å². The summed E-state index contributed by atoms with van der Waals surface area (Å²) in [6, 6.07) is 4.91. The predicted molar refractivity (Wildman–Crippen MR) is 68.4 cm³/mol. The zero-order valence-electron chi connectivity index (χ0n) is 9.79. The average molecular weight is 252 g/mol. The third kappa shape index (κ3) is 4.01. The molecule has 0 fully saturated rings. The van der Waals surface area contributed by atoms with E-state index in [9.17, 15) is 4.79 Å². The minimum Gasteiger partial charge on any atom is -0.490 e. The van der Waals surface area contributed by atoms with Crippen molar-refractivity contribution in [2.75, 3.05) is 6.54 Å². The second-order valence-electron chi connectivity index (χ2n) is 3.69. The molecule has 0 unspecified atom stereocenters. The largest absolute Gasteiger partial charge is 0.490 e. The second-order valence-corrected chi connectivity index (χ2v) is 4.13. The first kappa shape index (κ1) is 13.4. The third-order valence-corrected chi connectivity index (χ3v) is 2.14. The Balaban J connectivity index is 2.98. The topological polar surface area (TPSA) is 38.3 Å². The van der Waals surface area contributed by atoms with Gasteiger partial charge < -0.3 is 10.1 Å². The summed E-state index contributed by atoms with van der Waals surface area (Å²) < 4.78 is 5.53. The van der Waals surface area contributed by atoms with E-state index in [-0.39, 0.29) is 18.6 Å². The van der Waals surface area contributed by atoms with Gasteiger partial charge in [0.05, 0.1) is 18.2 Å². The van der Waals surface area contributed by atoms with Gasteiger partial charge in [-0.2, -0.15) is 0 Å². The van der Waals surface area contributed by atoms with Gasteiger partial charge in [0.25, 0.3) is 5.91 Å². The van der Waals surface area contributed by atoms with Crippen LogP contribution >= 0.6 is 11.6 Å². The van der Waals surface area contributed by atoms with Gasteiger partial charge in [-0.05, 0) is 32.0 Å². The van der Waals surface area contributed by atoms with Gasteiger partial charge >= 0.3 is 0 Å². The predicted octanol–water partition coefficient (Wildman–Crippen LogP) is 2.49. The van der Waals surface area contributed by atoms with Gasteiger partial charge in [-0.3, -0.25) is 4.79 Å². The Morgan fingerprint density at radius 3 is 2.88 bits per heavy atom. The lowest BCUT2D eigenvalue weighted by Crippen LogP contribution is -2.24. The summed E-state index contributed by atoms with van der Waals surface area (Å²) in [6.45, 7) is 3.95. The highest BCUT2D eigenvalue weighted by atomic mass is 35.5. The molecule has 0 radical (unpaired) electrons. The SMILES string of the molecule is C#CCNC(=O)c1cc(Cl)ccc1OC(C)C. The molecule has 0 aromatic heterocycles. The van der Waals surface area contributed by atoms with Crippen molar-refractivity contribution in [2.45, 2.75) is 20.0 Å². The van der Waals surface area contributed by atoms with Crippen LogP contribution in [0.3, 0.4) is 0 Å². The molecule has 0 aliphatic carbocycles. The number of hydrogen-bond acceptors (Lipinski definition) is 2. The highest BCUT2D eigenvalue weighted by Crippen LogP contribution is 2.23. The van der Waals surface area contributed by atoms with E-state index in [1.807, 2.05) is 13.8 Å². The van der Waals surface area contributed by atoms with Crippen LogP contribution in [0.25, 0.3) is 0 Å². The van der Waals surface area contributed by atoms with Gasteiger partial charge in [-0.1, -0.05) is 17.5 Å². The molecule has 0 saturated heterocycles. The van der Waals surface area contributed by atoms with E-state index in [1.165, 1.54) is 0 Å². The van der Waals surface area contributed by atoms with Gasteiger partial charge in [-0.15, -0.1) is 6.42 Å². The van der Waals surface area contributed by atoms with Gasteiger partial charge in [0.15, 0.2) is 0 Å². The normalized spacial score (nSPS) is 9.82. The molecule has 90 valence electrons. The van der Waals surface area contributed by atoms with Gasteiger partial charge in [-0.25, -0.2) is 0 Å². The molecular formula is C13H14ClNO2. The Bertz CT molecular complexity index is 449. The molecule has 0 heterocycles. The average Bonchev–Trinajstić information content (AvgIpc) is 2.27. The summed E-state index contributed by atoms with van der Waals surface area (Å²) in [5.74, 6) is 2.55. The maximum absolute atomic E-state index is 11.8. The third-order valence-electron chi connectivity index (χ3n) is 1.90. The molecule has 0 aliphatic heterocycles. The molecule has 0 spiro atoms. The van der Waals surface area contributed by atoms with Crippen LogP contribution in [-0.2, 0) is 0 Å². The maximum atomic E-state index is 11.8. The number of carbonyl (C=O) groups excluding carboxylic acids is 1. The molecule has 4 heteroatoms. The number of halogens is 1. The van der Waals surface area contributed by atoms with Crippen molar-refractivity contribution in [3.05, 3.63) is 28.8 Å². The molecule has 3 nitrogen and oxygen atoms in total. The minimum atomic E-state index is -0.291. The smallest absolute Gasteiger partial charge is 0.255 e. The van der Waals surface area contributed by atoms with Crippen molar-refractivity contribution in [3.8, 4) is 18.1 Å². The maximum Gasteiger partial charge on any atom is 0.255 e. The summed E-state index contributed by atoms with van der Waals surface area (Å²) >= 11 is 5.86. The lowest BCUT2D eigenvalue weighted by atomic mass is 10.2. The van der Waals surface area contributed by atoms with Crippen molar-refractivity contribution in [1.29, 1.82) is 0 Å². The Morgan fingerprint density at radius 2 is 2.29 bits per heavy atom. The van der Waals surface area contributed by atoms with Crippen molar-refractivity contribution < 1.29 is 9.53 Å². The number of ether oxygens (including phenoxy) is 1. The van der Waals surface area contributed by atoms with Crippen LogP contribution in [-0.4, -0.2) is 18.6 Å². The van der Waals surface area contributed by atoms with Gasteiger partial charge in [0.2, 0.25) is 0 Å². The summed E-state index contributed by atoms with van der Waals surface area (Å²) in [6.07, 6.45) is 5.06. The molecular weight excluding hydrogens is 238 g/mol. The quantitative estimate of drug-likeness (QED) is 0.835. The fourth-order valence-corrected chi connectivity index (χ4v) is 1.43. The molecule has 0 bridgehead atoms. The van der Waals surface area contributed by atoms with E-state index < -0.39 is 0 Å². The highest BCUT2D eigenvalue weighted by Gasteiger charge is 2.13. The molecule has 17 heavy (non-hydrogen) atoms. The van der Waals surface area contributed by atoms with E-state index >= 15 is 0 Å². The molecule has 1 aromatic carbocycles. The van der Waals surface area contributed by atoms with E-state index in [0.717, 1.165) is 0 Å². The van der Waals surface area contributed by atoms with Crippen molar-refractivity contribution in [1.82, 2.24) is 5.32 Å². The fourth-order valence-electron chi connectivity index (χ4n) is 1.26. The van der Waals surface area contributed by atoms with Crippen LogP contribution in [0.4, 0.5) is 0 Å². The van der Waals surface area contributed by atoms with E-state index in [4.69, 9.17) is 22.8 Å². The minimum absolute atomic E-state index is 0.0182. The molecule has 1 aromatic rings. The molecule has 0 atom stereocenters. The summed E-state index contributed by atoms with van der Waals surface area (Å²) in [5.41, 5.74) is 0.390. The number of nitrogens with one attached hydrogen (secondary N) is 1. The number of carbonyl (C=O) groups is 1. The first-order chi connectivity index (χ1) is 8.04. The summed E-state index contributed by atoms with van der Waals surface area (Å²) in [5, 5.41) is 3.05. The van der Waals surface area contributed by atoms with Crippen LogP contribution < -0.4 is 10.1 Å². The Hall–Kier alpha value is -1.66. The monoisotopic (exact) mass is 251 g/mol. The van der Waals surface area contributed by atoms with Gasteiger partial charge in [0.1, 0.15) is 5.75 Å². The molecule has 1 rings (SSSR count). The van der Waals surface area contributed by atoms with Crippen molar-refractivity contribution in [2.24, 2.45) is 0 Å². The van der Waals surface area contributed by atoms with Crippen LogP contribution in [0.2, 0.25) is 5.02 Å². The zero-order valence-corrected chi connectivity index (χ0v) is 10.5. The van der Waals surface area contributed by atoms with Crippen molar-refractivity contribution >= 4 is 17.5 Å². The van der Waals surface area contributed by atoms with E-state index in [0.29, 0.717) is 16.3 Å². The molecule has 1 N–H and O–H groups in total. The molecule has 1 amide bonds. The molecule has 0 aliphatic rings. The Kier molecular flexibility index (Phi) is 4.86. The first-order valence-corrected chi connectivity index (χ1v) is 5.60. The Labute approximate surface area is 106 Å². The standard InChI is InChI=1S/C13H14ClNO2/c1-4-7-15-13(16)11-8-10(14)5-6-12(11)17-9(2)3/h1,5-6,8-9H,7H2,2-3H3,(H,15,16). The van der Waals surface area contributed by atoms with Crippen LogP contribution in [0.5, 0.6) is 5.75 Å². The number of terminal acetylenes is 1. The van der Waals surface area contributed by atoms with Gasteiger partial charge in [0, 0.05) is 5.02 Å². The van der Waals surface area contributed by atoms with Crippen LogP contribution in [0.15, 0.2) is 18.2 Å². The lowest BCUT2D eigenvalue weighted by molar-refractivity contribution is 0.0953. The number of hydrogen-bond donors (Lipinski definition) is 1. The van der Waals surface area contributed by atoms with Crippen LogP contribution in [0.1, 0.15) is 24.2 Å². The highest BCUT2D eigenvalue weighted by molar-refractivity contribution is 6.31. The first-order valence-electron chi connectivity index (χ1n) is 5.22. The number of rotatable bonds is 4. The summed E-state index contributed by atoms with van der Waals surface area (Å²) in [4.78, 5) is 11.8. The van der Waals surface area contributed by atoms with E-state index in [2.05, 4.69) is 11.2 Å². The summed E-state index contributed by atoms with van der Waals surface area (Å²) in [7, 11) is 0. The second kappa shape index (κ2) is 6.17. The van der Waals surface area contributed by atoms with E-state index in [1.54, 1.807) is 18.2 Å². The Morgan fingerprint density at radius 1 is 1.59 bits per heavy atom. The zero-order chi connectivity index (χ0) is 12.8. The lowest BCUT2D eigenvalue weighted by Gasteiger charge is -2.14. The fraction of sp³-hybridized carbons (Fsp3) is 0.308. The van der Waals surface area contributed by atoms with Crippen LogP contribution in [0, 0.1) is 12.3 Å². The number of benzene rings is 1.